The van der Waals surface area contributed by atoms with E-state index in [1.54, 1.807) is 0 Å². The second-order valence-corrected chi connectivity index (χ2v) is 4.97. The van der Waals surface area contributed by atoms with Crippen molar-refractivity contribution in [2.45, 2.75) is 32.7 Å². The Kier molecular flexibility index (Phi) is 6.92. The topological polar surface area (TPSA) is 24.5 Å². The van der Waals surface area contributed by atoms with Gasteiger partial charge in [0.1, 0.15) is 6.61 Å². The fourth-order valence-electron chi connectivity index (χ4n) is 2.05. The molecule has 1 heterocycles. The maximum atomic E-state index is 11.9. The number of nitrogens with one attached hydrogen (secondary N) is 1. The van der Waals surface area contributed by atoms with Crippen molar-refractivity contribution in [2.75, 3.05) is 39.4 Å². The number of halogens is 2. The van der Waals surface area contributed by atoms with E-state index in [1.807, 2.05) is 0 Å². The van der Waals surface area contributed by atoms with Gasteiger partial charge in [0, 0.05) is 19.1 Å². The highest BCUT2D eigenvalue weighted by molar-refractivity contribution is 4.73. The molecule has 0 saturated carbocycles. The highest BCUT2D eigenvalue weighted by Gasteiger charge is 2.16. The van der Waals surface area contributed by atoms with E-state index in [0.29, 0.717) is 18.6 Å². The van der Waals surface area contributed by atoms with Crippen LogP contribution in [0.2, 0.25) is 0 Å². The monoisotopic (exact) mass is 250 g/mol. The Morgan fingerprint density at radius 3 is 2.88 bits per heavy atom. The molecule has 2 unspecified atom stereocenters. The lowest BCUT2D eigenvalue weighted by Crippen LogP contribution is -2.43. The van der Waals surface area contributed by atoms with Gasteiger partial charge < -0.3 is 15.0 Å². The maximum Gasteiger partial charge on any atom is 0.261 e. The first-order valence-electron chi connectivity index (χ1n) is 6.39. The van der Waals surface area contributed by atoms with Crippen molar-refractivity contribution in [3.63, 3.8) is 0 Å². The Labute approximate surface area is 103 Å². The van der Waals surface area contributed by atoms with Gasteiger partial charge in [-0.25, -0.2) is 8.78 Å². The molecule has 102 valence electrons. The van der Waals surface area contributed by atoms with Crippen LogP contribution in [-0.2, 0) is 4.74 Å². The van der Waals surface area contributed by atoms with Crippen LogP contribution in [0.25, 0.3) is 0 Å². The van der Waals surface area contributed by atoms with Gasteiger partial charge in [0.2, 0.25) is 0 Å². The van der Waals surface area contributed by atoms with Crippen LogP contribution in [0.15, 0.2) is 0 Å². The zero-order chi connectivity index (χ0) is 12.7. The van der Waals surface area contributed by atoms with Crippen LogP contribution in [0.5, 0.6) is 0 Å². The summed E-state index contributed by atoms with van der Waals surface area (Å²) in [6.07, 6.45) is -1.26. The van der Waals surface area contributed by atoms with Crippen molar-refractivity contribution in [3.8, 4) is 0 Å². The van der Waals surface area contributed by atoms with Crippen molar-refractivity contribution < 1.29 is 13.5 Å². The summed E-state index contributed by atoms with van der Waals surface area (Å²) in [7, 11) is 0. The molecule has 17 heavy (non-hydrogen) atoms. The summed E-state index contributed by atoms with van der Waals surface area (Å²) in [5.74, 6) is 0.591. The molecule has 0 radical (unpaired) electrons. The van der Waals surface area contributed by atoms with Crippen molar-refractivity contribution in [1.29, 1.82) is 0 Å². The lowest BCUT2D eigenvalue weighted by molar-refractivity contribution is 0.00792. The third kappa shape index (κ3) is 6.91. The summed E-state index contributed by atoms with van der Waals surface area (Å²) in [6.45, 7) is 8.15. The van der Waals surface area contributed by atoms with Gasteiger partial charge >= 0.3 is 0 Å². The smallest absolute Gasteiger partial charge is 0.261 e. The van der Waals surface area contributed by atoms with Gasteiger partial charge in [-0.05, 0) is 32.4 Å². The van der Waals surface area contributed by atoms with Crippen molar-refractivity contribution in [2.24, 2.45) is 5.92 Å². The summed E-state index contributed by atoms with van der Waals surface area (Å²) in [4.78, 5) is 2.31. The van der Waals surface area contributed by atoms with Crippen LogP contribution in [0, 0.1) is 5.92 Å². The lowest BCUT2D eigenvalue weighted by Gasteiger charge is -2.31. The molecule has 0 aromatic rings. The van der Waals surface area contributed by atoms with Gasteiger partial charge in [-0.1, -0.05) is 6.92 Å². The molecule has 2 atom stereocenters. The quantitative estimate of drug-likeness (QED) is 0.750. The fraction of sp³-hybridized carbons (Fsp3) is 1.00. The molecular formula is C12H24F2N2O. The van der Waals surface area contributed by atoms with E-state index in [-0.39, 0.29) is 0 Å². The Bertz CT molecular complexity index is 205. The molecule has 1 N–H and O–H groups in total. The first-order chi connectivity index (χ1) is 8.08. The SMILES string of the molecule is CC1CNC(C)CCN(CCOCC(F)F)C1. The van der Waals surface area contributed by atoms with Crippen LogP contribution >= 0.6 is 0 Å². The molecule has 1 aliphatic rings. The Morgan fingerprint density at radius 1 is 1.41 bits per heavy atom. The van der Waals surface area contributed by atoms with Gasteiger partial charge in [-0.15, -0.1) is 0 Å². The van der Waals surface area contributed by atoms with E-state index in [2.05, 4.69) is 24.1 Å². The third-order valence-electron chi connectivity index (χ3n) is 3.06. The summed E-state index contributed by atoms with van der Waals surface area (Å²) in [6, 6.07) is 0.530. The summed E-state index contributed by atoms with van der Waals surface area (Å²) >= 11 is 0. The Hall–Kier alpha value is -0.260. The minimum Gasteiger partial charge on any atom is -0.374 e. The number of rotatable bonds is 5. The van der Waals surface area contributed by atoms with Crippen LogP contribution in [0.3, 0.4) is 0 Å². The molecule has 0 bridgehead atoms. The highest BCUT2D eigenvalue weighted by Crippen LogP contribution is 2.06. The van der Waals surface area contributed by atoms with E-state index in [0.717, 1.165) is 32.6 Å². The molecule has 0 aliphatic carbocycles. The first-order valence-corrected chi connectivity index (χ1v) is 6.39. The molecule has 5 heteroatoms. The number of hydrogen-bond acceptors (Lipinski definition) is 3. The molecule has 0 aromatic heterocycles. The largest absolute Gasteiger partial charge is 0.374 e. The molecule has 1 fully saturated rings. The van der Waals surface area contributed by atoms with E-state index in [4.69, 9.17) is 4.74 Å². The summed E-state index contributed by atoms with van der Waals surface area (Å²) in [5, 5.41) is 3.48. The van der Waals surface area contributed by atoms with E-state index >= 15 is 0 Å². The van der Waals surface area contributed by atoms with Gasteiger partial charge in [-0.2, -0.15) is 0 Å². The Balaban J connectivity index is 2.20. The minimum absolute atomic E-state index is 0.402. The van der Waals surface area contributed by atoms with Crippen molar-refractivity contribution >= 4 is 0 Å². The molecule has 0 spiro atoms. The Morgan fingerprint density at radius 2 is 2.18 bits per heavy atom. The van der Waals surface area contributed by atoms with Crippen molar-refractivity contribution in [1.82, 2.24) is 10.2 Å². The second-order valence-electron chi connectivity index (χ2n) is 4.97. The zero-order valence-corrected chi connectivity index (χ0v) is 10.8. The maximum absolute atomic E-state index is 11.9. The molecule has 1 aliphatic heterocycles. The van der Waals surface area contributed by atoms with Crippen molar-refractivity contribution in [3.05, 3.63) is 0 Å². The van der Waals surface area contributed by atoms with E-state index in [1.165, 1.54) is 0 Å². The molecule has 0 amide bonds. The van der Waals surface area contributed by atoms with Gasteiger partial charge in [0.05, 0.1) is 6.61 Å². The molecule has 1 rings (SSSR count). The summed E-state index contributed by atoms with van der Waals surface area (Å²) in [5.41, 5.74) is 0. The predicted molar refractivity (Wildman–Crippen MR) is 64.5 cm³/mol. The first kappa shape index (κ1) is 14.8. The zero-order valence-electron chi connectivity index (χ0n) is 10.8. The van der Waals surface area contributed by atoms with E-state index < -0.39 is 13.0 Å². The highest BCUT2D eigenvalue weighted by atomic mass is 19.3. The van der Waals surface area contributed by atoms with Crippen LogP contribution < -0.4 is 5.32 Å². The number of alkyl halides is 2. The molecule has 1 saturated heterocycles. The number of hydrogen-bond donors (Lipinski definition) is 1. The fourth-order valence-corrected chi connectivity index (χ4v) is 2.05. The number of nitrogens with zero attached hydrogens (tertiary/aromatic N) is 1. The molecule has 0 aromatic carbocycles. The van der Waals surface area contributed by atoms with Crippen LogP contribution in [0.4, 0.5) is 8.78 Å². The normalized spacial score (nSPS) is 28.1. The number of ether oxygens (including phenoxy) is 1. The predicted octanol–water partition coefficient (Wildman–Crippen LogP) is 1.59. The lowest BCUT2D eigenvalue weighted by atomic mass is 10.1. The van der Waals surface area contributed by atoms with E-state index in [9.17, 15) is 8.78 Å². The van der Waals surface area contributed by atoms with Gasteiger partial charge in [-0.3, -0.25) is 0 Å². The second kappa shape index (κ2) is 7.95. The van der Waals surface area contributed by atoms with Gasteiger partial charge in [0.15, 0.2) is 0 Å². The summed E-state index contributed by atoms with van der Waals surface area (Å²) < 4.78 is 28.7. The average Bonchev–Trinajstić information content (AvgIpc) is 2.26. The molecule has 3 nitrogen and oxygen atoms in total. The van der Waals surface area contributed by atoms with Crippen LogP contribution in [0.1, 0.15) is 20.3 Å². The third-order valence-corrected chi connectivity index (χ3v) is 3.06. The molecular weight excluding hydrogens is 226 g/mol. The van der Waals surface area contributed by atoms with Gasteiger partial charge in [0.25, 0.3) is 6.43 Å². The van der Waals surface area contributed by atoms with Crippen LogP contribution in [-0.4, -0.2) is 56.8 Å². The average molecular weight is 250 g/mol. The minimum atomic E-state index is -2.36. The standard InChI is InChI=1S/C12H24F2N2O/c1-10-7-15-11(2)3-4-16(8-10)5-6-17-9-12(13)14/h10-12,15H,3-9H2,1-2H3.